The lowest BCUT2D eigenvalue weighted by Crippen LogP contribution is -2.14. The number of hydrogen-bond acceptors (Lipinski definition) is 3. The summed E-state index contributed by atoms with van der Waals surface area (Å²) >= 11 is 5.64. The van der Waals surface area contributed by atoms with Gasteiger partial charge in [0.2, 0.25) is 0 Å². The molecule has 0 fully saturated rings. The zero-order chi connectivity index (χ0) is 13.2. The molecule has 0 unspecified atom stereocenters. The first kappa shape index (κ1) is 12.8. The molecule has 0 aliphatic rings. The zero-order valence-corrected chi connectivity index (χ0v) is 10.5. The Kier molecular flexibility index (Phi) is 3.49. The molecule has 1 N–H and O–H groups in total. The smallest absolute Gasteiger partial charge is 0.263 e. The number of rotatable bonds is 3. The van der Waals surface area contributed by atoms with Gasteiger partial charge in [0, 0.05) is 0 Å². The maximum atomic E-state index is 13.0. The monoisotopic (exact) mass is 286 g/mol. The van der Waals surface area contributed by atoms with Crippen molar-refractivity contribution in [1.82, 2.24) is 4.98 Å². The minimum Gasteiger partial charge on any atom is -0.263 e. The topological polar surface area (TPSA) is 59.1 Å². The van der Waals surface area contributed by atoms with Crippen molar-refractivity contribution in [2.24, 2.45) is 0 Å². The van der Waals surface area contributed by atoms with Crippen LogP contribution in [0.2, 0.25) is 5.15 Å². The Morgan fingerprint density at radius 2 is 1.89 bits per heavy atom. The molecule has 1 heterocycles. The largest absolute Gasteiger partial charge is 0.263 e. The van der Waals surface area contributed by atoms with Gasteiger partial charge in [0.25, 0.3) is 10.0 Å². The Hall–Kier alpha value is -1.66. The highest BCUT2D eigenvalue weighted by atomic mass is 35.5. The van der Waals surface area contributed by atoms with Gasteiger partial charge in [-0.05, 0) is 30.3 Å². The van der Waals surface area contributed by atoms with E-state index in [1.54, 1.807) is 6.07 Å². The zero-order valence-electron chi connectivity index (χ0n) is 8.97. The van der Waals surface area contributed by atoms with Crippen LogP contribution < -0.4 is 4.72 Å². The fourth-order valence-electron chi connectivity index (χ4n) is 1.30. The molecule has 0 saturated carbocycles. The van der Waals surface area contributed by atoms with Gasteiger partial charge in [-0.25, -0.2) is 17.8 Å². The van der Waals surface area contributed by atoms with Gasteiger partial charge in [0.15, 0.2) is 0 Å². The van der Waals surface area contributed by atoms with Crippen molar-refractivity contribution in [3.05, 3.63) is 53.4 Å². The van der Waals surface area contributed by atoms with Crippen LogP contribution >= 0.6 is 11.6 Å². The molecule has 94 valence electrons. The molecule has 0 amide bonds. The van der Waals surface area contributed by atoms with Gasteiger partial charge >= 0.3 is 0 Å². The van der Waals surface area contributed by atoms with Crippen molar-refractivity contribution < 1.29 is 12.8 Å². The van der Waals surface area contributed by atoms with E-state index in [1.165, 1.54) is 24.3 Å². The molecule has 0 spiro atoms. The van der Waals surface area contributed by atoms with Crippen LogP contribution in [0.25, 0.3) is 0 Å². The summed E-state index contributed by atoms with van der Waals surface area (Å²) in [6.07, 6.45) is 0. The van der Waals surface area contributed by atoms with E-state index in [1.807, 2.05) is 0 Å². The average Bonchev–Trinajstić information content (AvgIpc) is 2.28. The first-order valence-corrected chi connectivity index (χ1v) is 6.74. The van der Waals surface area contributed by atoms with Crippen LogP contribution in [0.3, 0.4) is 0 Å². The van der Waals surface area contributed by atoms with Crippen molar-refractivity contribution in [2.75, 3.05) is 4.72 Å². The summed E-state index contributed by atoms with van der Waals surface area (Å²) in [4.78, 5) is 3.61. The second-order valence-corrected chi connectivity index (χ2v) is 5.48. The van der Waals surface area contributed by atoms with Crippen LogP contribution in [-0.2, 0) is 10.0 Å². The third-order valence-electron chi connectivity index (χ3n) is 2.06. The molecule has 1 aromatic carbocycles. The molecule has 0 aliphatic carbocycles. The highest BCUT2D eigenvalue weighted by Crippen LogP contribution is 2.16. The minimum atomic E-state index is -3.86. The summed E-state index contributed by atoms with van der Waals surface area (Å²) in [5.41, 5.74) is 0. The Balaban J connectivity index is 2.33. The Bertz CT molecular complexity index is 676. The lowest BCUT2D eigenvalue weighted by Gasteiger charge is -2.07. The normalized spacial score (nSPS) is 11.2. The van der Waals surface area contributed by atoms with E-state index in [4.69, 9.17) is 11.6 Å². The lowest BCUT2D eigenvalue weighted by molar-refractivity contribution is 0.595. The van der Waals surface area contributed by atoms with Crippen molar-refractivity contribution in [1.29, 1.82) is 0 Å². The minimum absolute atomic E-state index is 0.0757. The van der Waals surface area contributed by atoms with Gasteiger partial charge < -0.3 is 0 Å². The molecule has 4 nitrogen and oxygen atoms in total. The highest BCUT2D eigenvalue weighted by Gasteiger charge is 2.15. The van der Waals surface area contributed by atoms with E-state index < -0.39 is 15.8 Å². The number of halogens is 2. The molecule has 0 radical (unpaired) electrons. The van der Waals surface area contributed by atoms with Gasteiger partial charge in [0.1, 0.15) is 16.8 Å². The van der Waals surface area contributed by atoms with Gasteiger partial charge in [-0.1, -0.05) is 23.7 Å². The fraction of sp³-hybridized carbons (Fsp3) is 0. The van der Waals surface area contributed by atoms with Gasteiger partial charge in [-0.3, -0.25) is 4.72 Å². The molecule has 0 bridgehead atoms. The third-order valence-corrected chi connectivity index (χ3v) is 3.62. The summed E-state index contributed by atoms with van der Waals surface area (Å²) in [7, 11) is -3.86. The summed E-state index contributed by atoms with van der Waals surface area (Å²) in [5.74, 6) is -0.552. The number of pyridine rings is 1. The molecule has 2 rings (SSSR count). The molecule has 0 saturated heterocycles. The van der Waals surface area contributed by atoms with Crippen molar-refractivity contribution >= 4 is 27.4 Å². The van der Waals surface area contributed by atoms with Crippen LogP contribution in [0.4, 0.5) is 10.2 Å². The Morgan fingerprint density at radius 1 is 1.17 bits per heavy atom. The Morgan fingerprint density at radius 3 is 2.56 bits per heavy atom. The average molecular weight is 287 g/mol. The van der Waals surface area contributed by atoms with Gasteiger partial charge in [-0.15, -0.1) is 0 Å². The number of nitrogens with zero attached hydrogens (tertiary/aromatic N) is 1. The fourth-order valence-corrected chi connectivity index (χ4v) is 2.49. The standard InChI is InChI=1S/C11H8ClFN2O2S/c12-10-5-2-6-11(14-10)15-18(16,17)9-4-1-3-8(13)7-9/h1-7H,(H,14,15). The molecule has 7 heteroatoms. The highest BCUT2D eigenvalue weighted by molar-refractivity contribution is 7.92. The number of nitrogens with one attached hydrogen (secondary N) is 1. The third kappa shape index (κ3) is 2.96. The van der Waals surface area contributed by atoms with Crippen LogP contribution in [0.15, 0.2) is 47.4 Å². The van der Waals surface area contributed by atoms with Crippen molar-refractivity contribution in [2.45, 2.75) is 4.90 Å². The number of benzene rings is 1. The van der Waals surface area contributed by atoms with Crippen molar-refractivity contribution in [3.8, 4) is 0 Å². The van der Waals surface area contributed by atoms with Crippen LogP contribution in [-0.4, -0.2) is 13.4 Å². The Labute approximate surface area is 108 Å². The molecule has 0 atom stereocenters. The van der Waals surface area contributed by atoms with Gasteiger partial charge in [0.05, 0.1) is 4.90 Å². The number of hydrogen-bond donors (Lipinski definition) is 1. The van der Waals surface area contributed by atoms with Crippen LogP contribution in [0.5, 0.6) is 0 Å². The molecular weight excluding hydrogens is 279 g/mol. The van der Waals surface area contributed by atoms with E-state index in [2.05, 4.69) is 9.71 Å². The summed E-state index contributed by atoms with van der Waals surface area (Å²) in [6, 6.07) is 9.21. The lowest BCUT2D eigenvalue weighted by atomic mass is 10.4. The van der Waals surface area contributed by atoms with E-state index in [0.717, 1.165) is 12.1 Å². The second kappa shape index (κ2) is 4.91. The van der Waals surface area contributed by atoms with Crippen LogP contribution in [0, 0.1) is 5.82 Å². The first-order chi connectivity index (χ1) is 8.47. The molecule has 18 heavy (non-hydrogen) atoms. The van der Waals surface area contributed by atoms with Crippen molar-refractivity contribution in [3.63, 3.8) is 0 Å². The molecule has 1 aromatic heterocycles. The van der Waals surface area contributed by atoms with E-state index in [0.29, 0.717) is 0 Å². The second-order valence-electron chi connectivity index (χ2n) is 3.41. The maximum absolute atomic E-state index is 13.0. The number of aromatic nitrogens is 1. The predicted molar refractivity (Wildman–Crippen MR) is 66.5 cm³/mol. The number of sulfonamides is 1. The maximum Gasteiger partial charge on any atom is 0.263 e. The summed E-state index contributed by atoms with van der Waals surface area (Å²) in [6.45, 7) is 0. The summed E-state index contributed by atoms with van der Waals surface area (Å²) in [5, 5.41) is 0.162. The summed E-state index contributed by atoms with van der Waals surface area (Å²) < 4.78 is 39.0. The SMILES string of the molecule is O=S(=O)(Nc1cccc(Cl)n1)c1cccc(F)c1. The molecular formula is C11H8ClFN2O2S. The molecule has 2 aromatic rings. The molecule has 0 aliphatic heterocycles. The number of anilines is 1. The van der Waals surface area contributed by atoms with E-state index in [-0.39, 0.29) is 15.9 Å². The quantitative estimate of drug-likeness (QED) is 0.883. The van der Waals surface area contributed by atoms with Crippen LogP contribution in [0.1, 0.15) is 0 Å². The van der Waals surface area contributed by atoms with E-state index >= 15 is 0 Å². The predicted octanol–water partition coefficient (Wildman–Crippen LogP) is 2.67. The van der Waals surface area contributed by atoms with E-state index in [9.17, 15) is 12.8 Å². The van der Waals surface area contributed by atoms with Gasteiger partial charge in [-0.2, -0.15) is 0 Å². The first-order valence-electron chi connectivity index (χ1n) is 4.88.